The van der Waals surface area contributed by atoms with E-state index in [1.807, 2.05) is 18.7 Å². The number of rotatable bonds is 6. The summed E-state index contributed by atoms with van der Waals surface area (Å²) in [6.07, 6.45) is 2.81. The second kappa shape index (κ2) is 8.25. The molecule has 1 fully saturated rings. The first-order valence-corrected chi connectivity index (χ1v) is 7.53. The summed E-state index contributed by atoms with van der Waals surface area (Å²) < 4.78 is 4.78. The molecule has 0 bridgehead atoms. The molecule has 1 aliphatic heterocycles. The van der Waals surface area contributed by atoms with E-state index < -0.39 is 6.04 Å². The van der Waals surface area contributed by atoms with Crippen molar-refractivity contribution in [2.24, 2.45) is 11.8 Å². The summed E-state index contributed by atoms with van der Waals surface area (Å²) in [7, 11) is 1.38. The molecule has 0 radical (unpaired) electrons. The van der Waals surface area contributed by atoms with Crippen LogP contribution in [0.15, 0.2) is 0 Å². The fourth-order valence-corrected chi connectivity index (χ4v) is 2.46. The number of nitrogens with zero attached hydrogens (tertiary/aromatic N) is 1. The number of carbonyl (C=O) groups excluding carboxylic acids is 2. The minimum atomic E-state index is -0.396. The molecule has 5 nitrogen and oxygen atoms in total. The van der Waals surface area contributed by atoms with Crippen LogP contribution in [0.2, 0.25) is 0 Å². The number of piperidine rings is 1. The lowest BCUT2D eigenvalue weighted by atomic mass is 9.99. The number of hydrogen-bond donors (Lipinski definition) is 1. The number of methoxy groups -OCH3 is 1. The van der Waals surface area contributed by atoms with E-state index >= 15 is 0 Å². The predicted octanol–water partition coefficient (Wildman–Crippen LogP) is 1.42. The van der Waals surface area contributed by atoms with Gasteiger partial charge in [-0.3, -0.25) is 14.9 Å². The van der Waals surface area contributed by atoms with Gasteiger partial charge in [-0.15, -0.1) is 0 Å². The lowest BCUT2D eigenvalue weighted by Gasteiger charge is -2.31. The highest BCUT2D eigenvalue weighted by Crippen LogP contribution is 2.15. The molecule has 0 aromatic carbocycles. The molecule has 1 rings (SSSR count). The van der Waals surface area contributed by atoms with Gasteiger partial charge >= 0.3 is 5.97 Å². The van der Waals surface area contributed by atoms with E-state index in [0.29, 0.717) is 18.3 Å². The van der Waals surface area contributed by atoms with Crippen LogP contribution >= 0.6 is 0 Å². The van der Waals surface area contributed by atoms with E-state index in [-0.39, 0.29) is 18.4 Å². The second-order valence-electron chi connectivity index (χ2n) is 6.15. The van der Waals surface area contributed by atoms with Crippen LogP contribution in [0.25, 0.3) is 0 Å². The summed E-state index contributed by atoms with van der Waals surface area (Å²) >= 11 is 0. The Hall–Kier alpha value is -1.10. The Kier molecular flexibility index (Phi) is 6.99. The molecule has 0 aromatic heterocycles. The monoisotopic (exact) mass is 284 g/mol. The van der Waals surface area contributed by atoms with Crippen LogP contribution in [-0.2, 0) is 14.3 Å². The molecule has 1 N–H and O–H groups in total. The first-order chi connectivity index (χ1) is 9.43. The fraction of sp³-hybridized carbons (Fsp3) is 0.867. The summed E-state index contributed by atoms with van der Waals surface area (Å²) in [6.45, 7) is 8.18. The molecule has 0 aliphatic carbocycles. The molecule has 5 heteroatoms. The Balaban J connectivity index is 2.41. The fourth-order valence-electron chi connectivity index (χ4n) is 2.46. The van der Waals surface area contributed by atoms with Gasteiger partial charge in [0, 0.05) is 13.1 Å². The Morgan fingerprint density at radius 2 is 1.90 bits per heavy atom. The van der Waals surface area contributed by atoms with Crippen molar-refractivity contribution in [3.8, 4) is 0 Å². The summed E-state index contributed by atoms with van der Waals surface area (Å²) in [5.41, 5.74) is 0. The Morgan fingerprint density at radius 3 is 2.40 bits per heavy atom. The van der Waals surface area contributed by atoms with Gasteiger partial charge in [0.25, 0.3) is 0 Å². The van der Waals surface area contributed by atoms with Gasteiger partial charge in [0.1, 0.15) is 6.04 Å². The number of ether oxygens (including phenoxy) is 1. The lowest BCUT2D eigenvalue weighted by Crippen LogP contribution is -2.47. The Morgan fingerprint density at radius 1 is 1.30 bits per heavy atom. The average molecular weight is 284 g/mol. The van der Waals surface area contributed by atoms with E-state index in [1.165, 1.54) is 7.11 Å². The van der Waals surface area contributed by atoms with Crippen LogP contribution in [-0.4, -0.2) is 49.6 Å². The van der Waals surface area contributed by atoms with Gasteiger partial charge < -0.3 is 9.64 Å². The van der Waals surface area contributed by atoms with E-state index in [1.54, 1.807) is 0 Å². The molecule has 20 heavy (non-hydrogen) atoms. The number of hydrogen-bond acceptors (Lipinski definition) is 4. The van der Waals surface area contributed by atoms with Crippen molar-refractivity contribution >= 4 is 11.9 Å². The van der Waals surface area contributed by atoms with Crippen LogP contribution in [0, 0.1) is 11.8 Å². The van der Waals surface area contributed by atoms with Crippen molar-refractivity contribution in [3.63, 3.8) is 0 Å². The zero-order valence-electron chi connectivity index (χ0n) is 13.1. The van der Waals surface area contributed by atoms with Crippen LogP contribution in [0.1, 0.15) is 40.0 Å². The van der Waals surface area contributed by atoms with Gasteiger partial charge in [-0.1, -0.05) is 20.8 Å². The zero-order chi connectivity index (χ0) is 15.1. The van der Waals surface area contributed by atoms with E-state index in [0.717, 1.165) is 25.9 Å². The van der Waals surface area contributed by atoms with Crippen LogP contribution < -0.4 is 5.32 Å². The van der Waals surface area contributed by atoms with Crippen LogP contribution in [0.5, 0.6) is 0 Å². The van der Waals surface area contributed by atoms with E-state index in [2.05, 4.69) is 12.2 Å². The maximum Gasteiger partial charge on any atom is 0.322 e. The van der Waals surface area contributed by atoms with Crippen LogP contribution in [0.3, 0.4) is 0 Å². The molecular formula is C15H28N2O3. The third kappa shape index (κ3) is 5.49. The van der Waals surface area contributed by atoms with Crippen molar-refractivity contribution in [2.45, 2.75) is 46.1 Å². The molecule has 0 saturated carbocycles. The molecule has 1 heterocycles. The van der Waals surface area contributed by atoms with Gasteiger partial charge in [0.15, 0.2) is 0 Å². The number of amides is 1. The lowest BCUT2D eigenvalue weighted by molar-refractivity contribution is -0.143. The summed E-state index contributed by atoms with van der Waals surface area (Å²) in [5.74, 6) is 0.863. The van der Waals surface area contributed by atoms with E-state index in [4.69, 9.17) is 4.74 Å². The van der Waals surface area contributed by atoms with Crippen molar-refractivity contribution in [1.82, 2.24) is 10.2 Å². The Bertz CT molecular complexity index is 323. The van der Waals surface area contributed by atoms with Gasteiger partial charge in [0.05, 0.1) is 13.7 Å². The Labute approximate surface area is 122 Å². The van der Waals surface area contributed by atoms with Crippen molar-refractivity contribution in [1.29, 1.82) is 0 Å². The standard InChI is InChI=1S/C15H28N2O3/c1-11(2)9-13(15(19)20-4)16-10-14(18)17-7-5-12(3)6-8-17/h11-13,16H,5-10H2,1-4H3. The molecular weight excluding hydrogens is 256 g/mol. The van der Waals surface area contributed by atoms with E-state index in [9.17, 15) is 9.59 Å². The smallest absolute Gasteiger partial charge is 0.322 e. The third-order valence-corrected chi connectivity index (χ3v) is 3.83. The molecule has 1 aliphatic rings. The first-order valence-electron chi connectivity index (χ1n) is 7.53. The highest BCUT2D eigenvalue weighted by atomic mass is 16.5. The molecule has 1 atom stereocenters. The maximum atomic E-state index is 12.1. The normalized spacial score (nSPS) is 18.1. The summed E-state index contributed by atoms with van der Waals surface area (Å²) in [5, 5.41) is 3.04. The van der Waals surface area contributed by atoms with Gasteiger partial charge in [-0.25, -0.2) is 0 Å². The zero-order valence-corrected chi connectivity index (χ0v) is 13.1. The number of carbonyl (C=O) groups is 2. The quantitative estimate of drug-likeness (QED) is 0.750. The predicted molar refractivity (Wildman–Crippen MR) is 78.2 cm³/mol. The minimum Gasteiger partial charge on any atom is -0.468 e. The minimum absolute atomic E-state index is 0.0783. The van der Waals surface area contributed by atoms with Crippen molar-refractivity contribution in [3.05, 3.63) is 0 Å². The summed E-state index contributed by atoms with van der Waals surface area (Å²) in [4.78, 5) is 25.7. The SMILES string of the molecule is COC(=O)C(CC(C)C)NCC(=O)N1CCC(C)CC1. The first kappa shape index (κ1) is 17.0. The molecule has 1 unspecified atom stereocenters. The summed E-state index contributed by atoms with van der Waals surface area (Å²) in [6, 6.07) is -0.396. The number of nitrogens with one attached hydrogen (secondary N) is 1. The third-order valence-electron chi connectivity index (χ3n) is 3.83. The highest BCUT2D eigenvalue weighted by molar-refractivity contribution is 5.80. The van der Waals surface area contributed by atoms with Crippen molar-refractivity contribution in [2.75, 3.05) is 26.7 Å². The highest BCUT2D eigenvalue weighted by Gasteiger charge is 2.24. The van der Waals surface area contributed by atoms with Gasteiger partial charge in [-0.05, 0) is 31.1 Å². The molecule has 0 aromatic rings. The maximum absolute atomic E-state index is 12.1. The van der Waals surface area contributed by atoms with Gasteiger partial charge in [-0.2, -0.15) is 0 Å². The van der Waals surface area contributed by atoms with Gasteiger partial charge in [0.2, 0.25) is 5.91 Å². The largest absolute Gasteiger partial charge is 0.468 e. The molecule has 0 spiro atoms. The number of likely N-dealkylation sites (tertiary alicyclic amines) is 1. The molecule has 1 saturated heterocycles. The molecule has 116 valence electrons. The second-order valence-corrected chi connectivity index (χ2v) is 6.15. The van der Waals surface area contributed by atoms with Crippen molar-refractivity contribution < 1.29 is 14.3 Å². The topological polar surface area (TPSA) is 58.6 Å². The molecule has 1 amide bonds. The number of esters is 1. The van der Waals surface area contributed by atoms with Crippen LogP contribution in [0.4, 0.5) is 0 Å². The average Bonchev–Trinajstić information content (AvgIpc) is 2.42.